The molecule has 0 aliphatic rings. The topological polar surface area (TPSA) is 104 Å². The van der Waals surface area contributed by atoms with Crippen molar-refractivity contribution in [2.45, 2.75) is 33.3 Å². The van der Waals surface area contributed by atoms with E-state index in [4.69, 9.17) is 14.2 Å². The van der Waals surface area contributed by atoms with E-state index in [1.807, 2.05) is 0 Å². The van der Waals surface area contributed by atoms with Crippen molar-refractivity contribution < 1.29 is 23.8 Å². The Morgan fingerprint density at radius 1 is 1.32 bits per heavy atom. The maximum absolute atomic E-state index is 11.9. The van der Waals surface area contributed by atoms with Gasteiger partial charge >= 0.3 is 12.1 Å². The number of hydrogen-bond acceptors (Lipinski definition) is 7. The maximum atomic E-state index is 11.9. The first kappa shape index (κ1) is 18.5. The molecule has 2 aromatic rings. The number of esters is 1. The fourth-order valence-corrected chi connectivity index (χ4v) is 1.91. The van der Waals surface area contributed by atoms with Gasteiger partial charge in [0.25, 0.3) is 0 Å². The lowest BCUT2D eigenvalue weighted by molar-refractivity contribution is 0.0512. The number of amides is 1. The normalized spacial score (nSPS) is 11.2. The molecule has 0 saturated carbocycles. The van der Waals surface area contributed by atoms with Crippen molar-refractivity contribution in [3.05, 3.63) is 24.0 Å². The van der Waals surface area contributed by atoms with Crippen molar-refractivity contribution >= 4 is 17.7 Å². The van der Waals surface area contributed by atoms with E-state index in [9.17, 15) is 9.59 Å². The van der Waals surface area contributed by atoms with E-state index in [-0.39, 0.29) is 25.3 Å². The zero-order chi connectivity index (χ0) is 18.4. The number of rotatable bonds is 6. The summed E-state index contributed by atoms with van der Waals surface area (Å²) < 4.78 is 17.0. The quantitative estimate of drug-likeness (QED) is 0.626. The second kappa shape index (κ2) is 7.82. The maximum Gasteiger partial charge on any atom is 0.407 e. The highest BCUT2D eigenvalue weighted by Gasteiger charge is 2.17. The van der Waals surface area contributed by atoms with Gasteiger partial charge in [0.1, 0.15) is 17.8 Å². The molecule has 0 bridgehead atoms. The van der Waals surface area contributed by atoms with Crippen molar-refractivity contribution in [2.75, 3.05) is 19.8 Å². The lowest BCUT2D eigenvalue weighted by atomic mass is 10.2. The Bertz CT molecular complexity index is 751. The fourth-order valence-electron chi connectivity index (χ4n) is 1.91. The molecule has 2 rings (SSSR count). The molecule has 1 N–H and O–H groups in total. The Labute approximate surface area is 145 Å². The summed E-state index contributed by atoms with van der Waals surface area (Å²) in [5.41, 5.74) is 0.0542. The van der Waals surface area contributed by atoms with Crippen LogP contribution in [0.25, 0.3) is 5.65 Å². The molecule has 136 valence electrons. The van der Waals surface area contributed by atoms with Gasteiger partial charge < -0.3 is 19.5 Å². The number of carbonyl (C=O) groups is 2. The third-order valence-electron chi connectivity index (χ3n) is 2.86. The average Bonchev–Trinajstić information content (AvgIpc) is 2.93. The molecular weight excluding hydrogens is 328 g/mol. The first-order valence-electron chi connectivity index (χ1n) is 7.91. The molecule has 2 aromatic heterocycles. The standard InChI is InChI=1S/C16H22N4O5/c1-5-23-14(21)11-10-18-20-8-6-12(19-13(11)20)24-9-7-17-15(22)25-16(2,3)4/h6,8,10H,5,7,9H2,1-4H3,(H,17,22). The van der Waals surface area contributed by atoms with Crippen LogP contribution in [0.5, 0.6) is 5.88 Å². The molecule has 0 aliphatic carbocycles. The molecule has 2 heterocycles. The summed E-state index contributed by atoms with van der Waals surface area (Å²) in [5.74, 6) is -0.182. The van der Waals surface area contributed by atoms with E-state index in [2.05, 4.69) is 15.4 Å². The van der Waals surface area contributed by atoms with Gasteiger partial charge in [-0.05, 0) is 27.7 Å². The number of alkyl carbamates (subject to hydrolysis) is 1. The molecule has 25 heavy (non-hydrogen) atoms. The summed E-state index contributed by atoms with van der Waals surface area (Å²) in [6.07, 6.45) is 2.51. The lowest BCUT2D eigenvalue weighted by Gasteiger charge is -2.19. The number of fused-ring (bicyclic) bond motifs is 1. The second-order valence-corrected chi connectivity index (χ2v) is 6.09. The number of hydrogen-bond donors (Lipinski definition) is 1. The van der Waals surface area contributed by atoms with Crippen LogP contribution in [-0.4, -0.2) is 52.0 Å². The van der Waals surface area contributed by atoms with Crippen molar-refractivity contribution in [1.82, 2.24) is 19.9 Å². The minimum Gasteiger partial charge on any atom is -0.476 e. The van der Waals surface area contributed by atoms with Gasteiger partial charge in [-0.15, -0.1) is 0 Å². The third-order valence-corrected chi connectivity index (χ3v) is 2.86. The molecule has 0 atom stereocenters. The largest absolute Gasteiger partial charge is 0.476 e. The molecule has 0 unspecified atom stereocenters. The van der Waals surface area contributed by atoms with Crippen LogP contribution in [0.1, 0.15) is 38.1 Å². The van der Waals surface area contributed by atoms with E-state index < -0.39 is 17.7 Å². The van der Waals surface area contributed by atoms with E-state index in [0.29, 0.717) is 11.5 Å². The van der Waals surface area contributed by atoms with Gasteiger partial charge in [-0.3, -0.25) is 0 Å². The summed E-state index contributed by atoms with van der Waals surface area (Å²) in [7, 11) is 0. The summed E-state index contributed by atoms with van der Waals surface area (Å²) in [6.45, 7) is 7.81. The average molecular weight is 350 g/mol. The highest BCUT2D eigenvalue weighted by molar-refractivity contribution is 5.95. The molecule has 0 fully saturated rings. The van der Waals surface area contributed by atoms with Crippen LogP contribution in [0.3, 0.4) is 0 Å². The predicted molar refractivity (Wildman–Crippen MR) is 88.7 cm³/mol. The van der Waals surface area contributed by atoms with Gasteiger partial charge in [-0.1, -0.05) is 0 Å². The van der Waals surface area contributed by atoms with Gasteiger partial charge in [0.15, 0.2) is 5.65 Å². The highest BCUT2D eigenvalue weighted by atomic mass is 16.6. The van der Waals surface area contributed by atoms with Gasteiger partial charge in [0.2, 0.25) is 5.88 Å². The first-order valence-corrected chi connectivity index (χ1v) is 7.91. The van der Waals surface area contributed by atoms with Crippen LogP contribution in [0.4, 0.5) is 4.79 Å². The Hall–Kier alpha value is -2.84. The Balaban J connectivity index is 1.92. The zero-order valence-corrected chi connectivity index (χ0v) is 14.7. The molecule has 0 aromatic carbocycles. The zero-order valence-electron chi connectivity index (χ0n) is 14.7. The molecule has 0 saturated heterocycles. The molecule has 0 aliphatic heterocycles. The summed E-state index contributed by atoms with van der Waals surface area (Å²) in [5, 5.41) is 6.62. The Kier molecular flexibility index (Phi) is 5.79. The van der Waals surface area contributed by atoms with Gasteiger partial charge in [0, 0.05) is 12.3 Å². The van der Waals surface area contributed by atoms with Crippen molar-refractivity contribution in [3.63, 3.8) is 0 Å². The first-order chi connectivity index (χ1) is 11.8. The molecule has 1 amide bonds. The number of nitrogens with one attached hydrogen (secondary N) is 1. The molecule has 9 nitrogen and oxygen atoms in total. The fraction of sp³-hybridized carbons (Fsp3) is 0.500. The monoisotopic (exact) mass is 350 g/mol. The predicted octanol–water partition coefficient (Wildman–Crippen LogP) is 1.81. The van der Waals surface area contributed by atoms with Crippen molar-refractivity contribution in [2.24, 2.45) is 0 Å². The number of nitrogens with zero attached hydrogens (tertiary/aromatic N) is 3. The molecule has 0 radical (unpaired) electrons. The van der Waals surface area contributed by atoms with Crippen LogP contribution in [-0.2, 0) is 9.47 Å². The summed E-state index contributed by atoms with van der Waals surface area (Å²) in [4.78, 5) is 27.6. The number of ether oxygens (including phenoxy) is 3. The summed E-state index contributed by atoms with van der Waals surface area (Å²) >= 11 is 0. The smallest absolute Gasteiger partial charge is 0.407 e. The van der Waals surface area contributed by atoms with Crippen LogP contribution < -0.4 is 10.1 Å². The van der Waals surface area contributed by atoms with Gasteiger partial charge in [0.05, 0.1) is 19.3 Å². The minimum atomic E-state index is -0.553. The molecule has 9 heteroatoms. The molecular formula is C16H22N4O5. The number of aromatic nitrogens is 3. The van der Waals surface area contributed by atoms with Crippen LogP contribution in [0.15, 0.2) is 18.5 Å². The third kappa shape index (κ3) is 5.33. The Morgan fingerprint density at radius 2 is 2.08 bits per heavy atom. The van der Waals surface area contributed by atoms with Crippen LogP contribution >= 0.6 is 0 Å². The van der Waals surface area contributed by atoms with E-state index >= 15 is 0 Å². The minimum absolute atomic E-state index is 0.200. The van der Waals surface area contributed by atoms with Gasteiger partial charge in [-0.2, -0.15) is 10.1 Å². The van der Waals surface area contributed by atoms with Crippen LogP contribution in [0, 0.1) is 0 Å². The number of carbonyl (C=O) groups excluding carboxylic acids is 2. The van der Waals surface area contributed by atoms with Crippen LogP contribution in [0.2, 0.25) is 0 Å². The molecule has 0 spiro atoms. The summed E-state index contributed by atoms with van der Waals surface area (Å²) in [6, 6.07) is 1.61. The van der Waals surface area contributed by atoms with E-state index in [1.165, 1.54) is 10.7 Å². The SMILES string of the molecule is CCOC(=O)c1cnn2ccc(OCCNC(=O)OC(C)(C)C)nc12. The lowest BCUT2D eigenvalue weighted by Crippen LogP contribution is -2.34. The van der Waals surface area contributed by atoms with Crippen molar-refractivity contribution in [1.29, 1.82) is 0 Å². The second-order valence-electron chi connectivity index (χ2n) is 6.09. The van der Waals surface area contributed by atoms with E-state index in [1.54, 1.807) is 40.0 Å². The Morgan fingerprint density at radius 3 is 2.76 bits per heavy atom. The van der Waals surface area contributed by atoms with E-state index in [0.717, 1.165) is 0 Å². The van der Waals surface area contributed by atoms with Crippen molar-refractivity contribution in [3.8, 4) is 5.88 Å². The highest BCUT2D eigenvalue weighted by Crippen LogP contribution is 2.14. The van der Waals surface area contributed by atoms with Gasteiger partial charge in [-0.25, -0.2) is 14.1 Å².